The smallest absolute Gasteiger partial charge is 0.358 e. The number of aryl methyl sites for hydroxylation is 1. The van der Waals surface area contributed by atoms with Crippen LogP contribution in [0.4, 0.5) is 0 Å². The highest BCUT2D eigenvalue weighted by molar-refractivity contribution is 7.13. The summed E-state index contributed by atoms with van der Waals surface area (Å²) < 4.78 is 5.11. The molecule has 1 atom stereocenters. The van der Waals surface area contributed by atoms with Gasteiger partial charge in [0, 0.05) is 10.9 Å². The Hall–Kier alpha value is -2.99. The molecule has 0 saturated heterocycles. The Kier molecular flexibility index (Phi) is 6.55. The van der Waals surface area contributed by atoms with Crippen LogP contribution in [0, 0.1) is 0 Å². The molecule has 144 valence electrons. The average molecular weight is 394 g/mol. The van der Waals surface area contributed by atoms with Crippen molar-refractivity contribution < 1.29 is 14.3 Å². The van der Waals surface area contributed by atoms with E-state index in [1.54, 1.807) is 5.38 Å². The highest BCUT2D eigenvalue weighted by Crippen LogP contribution is 2.23. The standard InChI is InChI=1S/C22H22N2O3S/c1-3-16-9-11-17(12-10-16)15(2)23-20(25)13-27-22(26)19-14-28-21(24-19)18-7-5-4-6-8-18/h4-12,14-15H,3,13H2,1-2H3,(H,23,25)/t15-/m0/s1. The van der Waals surface area contributed by atoms with Crippen molar-refractivity contribution in [3.63, 3.8) is 0 Å². The van der Waals surface area contributed by atoms with Crippen LogP contribution in [0.2, 0.25) is 0 Å². The predicted molar refractivity (Wildman–Crippen MR) is 110 cm³/mol. The lowest BCUT2D eigenvalue weighted by atomic mass is 10.1. The Balaban J connectivity index is 1.51. The predicted octanol–water partition coefficient (Wildman–Crippen LogP) is 4.41. The first-order valence-corrected chi connectivity index (χ1v) is 10.0. The second-order valence-electron chi connectivity index (χ2n) is 6.36. The molecule has 6 heteroatoms. The number of hydrogen-bond acceptors (Lipinski definition) is 5. The quantitative estimate of drug-likeness (QED) is 0.603. The summed E-state index contributed by atoms with van der Waals surface area (Å²) in [6, 6.07) is 17.5. The minimum absolute atomic E-state index is 0.166. The topological polar surface area (TPSA) is 68.3 Å². The van der Waals surface area contributed by atoms with E-state index in [-0.39, 0.29) is 24.2 Å². The van der Waals surface area contributed by atoms with Gasteiger partial charge in [0.05, 0.1) is 6.04 Å². The van der Waals surface area contributed by atoms with Crippen LogP contribution in [0.25, 0.3) is 10.6 Å². The fraction of sp³-hybridized carbons (Fsp3) is 0.227. The number of amides is 1. The molecule has 1 amide bonds. The Bertz CT molecular complexity index is 936. The lowest BCUT2D eigenvalue weighted by molar-refractivity contribution is -0.124. The zero-order valence-electron chi connectivity index (χ0n) is 15.8. The number of benzene rings is 2. The highest BCUT2D eigenvalue weighted by atomic mass is 32.1. The lowest BCUT2D eigenvalue weighted by Crippen LogP contribution is -2.31. The van der Waals surface area contributed by atoms with Gasteiger partial charge in [-0.25, -0.2) is 9.78 Å². The molecule has 0 aliphatic rings. The molecule has 0 bridgehead atoms. The third kappa shape index (κ3) is 5.04. The molecule has 1 heterocycles. The molecule has 2 aromatic carbocycles. The lowest BCUT2D eigenvalue weighted by Gasteiger charge is -2.14. The summed E-state index contributed by atoms with van der Waals surface area (Å²) in [5.41, 5.74) is 3.39. The van der Waals surface area contributed by atoms with Crippen LogP contribution in [0.1, 0.15) is 41.5 Å². The van der Waals surface area contributed by atoms with E-state index in [1.165, 1.54) is 16.9 Å². The molecule has 0 saturated carbocycles. The van der Waals surface area contributed by atoms with Gasteiger partial charge in [0.1, 0.15) is 5.01 Å². The van der Waals surface area contributed by atoms with E-state index >= 15 is 0 Å². The molecule has 0 aliphatic carbocycles. The van der Waals surface area contributed by atoms with Crippen molar-refractivity contribution in [2.75, 3.05) is 6.61 Å². The van der Waals surface area contributed by atoms with Gasteiger partial charge in [-0.05, 0) is 24.5 Å². The van der Waals surface area contributed by atoms with Crippen LogP contribution in [-0.4, -0.2) is 23.5 Å². The Morgan fingerprint density at radius 3 is 2.50 bits per heavy atom. The third-order valence-corrected chi connectivity index (χ3v) is 5.23. The van der Waals surface area contributed by atoms with E-state index in [0.29, 0.717) is 0 Å². The fourth-order valence-corrected chi connectivity index (χ4v) is 3.49. The molecule has 1 aromatic heterocycles. The van der Waals surface area contributed by atoms with Crippen LogP contribution in [0.15, 0.2) is 60.0 Å². The van der Waals surface area contributed by atoms with Crippen LogP contribution < -0.4 is 5.32 Å². The number of nitrogens with zero attached hydrogens (tertiary/aromatic N) is 1. The first-order chi connectivity index (χ1) is 13.6. The third-order valence-electron chi connectivity index (χ3n) is 4.33. The number of thiazole rings is 1. The van der Waals surface area contributed by atoms with Crippen molar-refractivity contribution in [2.24, 2.45) is 0 Å². The van der Waals surface area contributed by atoms with E-state index in [9.17, 15) is 9.59 Å². The zero-order valence-corrected chi connectivity index (χ0v) is 16.7. The van der Waals surface area contributed by atoms with Crippen LogP contribution in [0.5, 0.6) is 0 Å². The zero-order chi connectivity index (χ0) is 19.9. The van der Waals surface area contributed by atoms with E-state index in [4.69, 9.17) is 4.74 Å². The molecule has 0 unspecified atom stereocenters. The Morgan fingerprint density at radius 2 is 1.82 bits per heavy atom. The number of carbonyl (C=O) groups excluding carboxylic acids is 2. The number of ether oxygens (including phenoxy) is 1. The van der Waals surface area contributed by atoms with Crippen LogP contribution >= 0.6 is 11.3 Å². The van der Waals surface area contributed by atoms with Crippen molar-refractivity contribution in [3.8, 4) is 10.6 Å². The molecule has 0 fully saturated rings. The maximum absolute atomic E-state index is 12.2. The summed E-state index contributed by atoms with van der Waals surface area (Å²) in [5.74, 6) is -0.951. The molecule has 28 heavy (non-hydrogen) atoms. The Labute approximate surface area is 168 Å². The van der Waals surface area contributed by atoms with Gasteiger partial charge < -0.3 is 10.1 Å². The highest BCUT2D eigenvalue weighted by Gasteiger charge is 2.16. The van der Waals surface area contributed by atoms with Crippen LogP contribution in [-0.2, 0) is 16.0 Å². The van der Waals surface area contributed by atoms with Gasteiger partial charge in [0.25, 0.3) is 5.91 Å². The van der Waals surface area contributed by atoms with Gasteiger partial charge in [-0.2, -0.15) is 0 Å². The molecular formula is C22H22N2O3S. The summed E-state index contributed by atoms with van der Waals surface area (Å²) in [5, 5.41) is 5.21. The van der Waals surface area contributed by atoms with Crippen molar-refractivity contribution in [2.45, 2.75) is 26.3 Å². The molecule has 3 aromatic rings. The second-order valence-corrected chi connectivity index (χ2v) is 7.22. The molecular weight excluding hydrogens is 372 g/mol. The van der Waals surface area contributed by atoms with Crippen molar-refractivity contribution in [1.29, 1.82) is 0 Å². The Morgan fingerprint density at radius 1 is 1.11 bits per heavy atom. The fourth-order valence-electron chi connectivity index (χ4n) is 2.69. The second kappa shape index (κ2) is 9.28. The molecule has 0 radical (unpaired) electrons. The largest absolute Gasteiger partial charge is 0.451 e. The number of hydrogen-bond donors (Lipinski definition) is 1. The number of aromatic nitrogens is 1. The average Bonchev–Trinajstić information content (AvgIpc) is 3.23. The van der Waals surface area contributed by atoms with Gasteiger partial charge in [0.2, 0.25) is 0 Å². The monoisotopic (exact) mass is 394 g/mol. The minimum atomic E-state index is -0.603. The molecule has 0 aliphatic heterocycles. The van der Waals surface area contributed by atoms with E-state index < -0.39 is 5.97 Å². The summed E-state index contributed by atoms with van der Waals surface area (Å²) in [4.78, 5) is 28.6. The number of esters is 1. The number of nitrogens with one attached hydrogen (secondary N) is 1. The van der Waals surface area contributed by atoms with E-state index in [0.717, 1.165) is 22.6 Å². The normalized spacial score (nSPS) is 11.6. The van der Waals surface area contributed by atoms with Gasteiger partial charge >= 0.3 is 5.97 Å². The van der Waals surface area contributed by atoms with Crippen LogP contribution in [0.3, 0.4) is 0 Å². The first-order valence-electron chi connectivity index (χ1n) is 9.13. The van der Waals surface area contributed by atoms with Gasteiger partial charge in [0.15, 0.2) is 12.3 Å². The van der Waals surface area contributed by atoms with Crippen molar-refractivity contribution >= 4 is 23.2 Å². The number of carbonyl (C=O) groups is 2. The van der Waals surface area contributed by atoms with Crippen molar-refractivity contribution in [1.82, 2.24) is 10.3 Å². The van der Waals surface area contributed by atoms with Gasteiger partial charge in [-0.3, -0.25) is 4.79 Å². The number of rotatable bonds is 7. The molecule has 5 nitrogen and oxygen atoms in total. The summed E-state index contributed by atoms with van der Waals surface area (Å²) in [7, 11) is 0. The van der Waals surface area contributed by atoms with Gasteiger partial charge in [-0.15, -0.1) is 11.3 Å². The van der Waals surface area contributed by atoms with Gasteiger partial charge in [-0.1, -0.05) is 61.5 Å². The maximum Gasteiger partial charge on any atom is 0.358 e. The first kappa shape index (κ1) is 19.8. The van der Waals surface area contributed by atoms with E-state index in [2.05, 4.69) is 17.2 Å². The van der Waals surface area contributed by atoms with Crippen molar-refractivity contribution in [3.05, 3.63) is 76.8 Å². The molecule has 1 N–H and O–H groups in total. The summed E-state index contributed by atoms with van der Waals surface area (Å²) in [6.45, 7) is 3.65. The molecule has 3 rings (SSSR count). The summed E-state index contributed by atoms with van der Waals surface area (Å²) >= 11 is 1.36. The maximum atomic E-state index is 12.2. The summed E-state index contributed by atoms with van der Waals surface area (Å²) in [6.07, 6.45) is 0.972. The van der Waals surface area contributed by atoms with E-state index in [1.807, 2.05) is 61.5 Å². The SMILES string of the molecule is CCc1ccc([C@H](C)NC(=O)COC(=O)c2csc(-c3ccccc3)n2)cc1. The molecule has 0 spiro atoms. The minimum Gasteiger partial charge on any atom is -0.451 e.